The van der Waals surface area contributed by atoms with Crippen molar-refractivity contribution in [1.82, 2.24) is 10.3 Å². The van der Waals surface area contributed by atoms with Crippen molar-refractivity contribution < 1.29 is 13.6 Å². The molecule has 2 N–H and O–H groups in total. The lowest BCUT2D eigenvalue weighted by molar-refractivity contribution is 0.0954. The molecule has 0 saturated heterocycles. The van der Waals surface area contributed by atoms with Gasteiger partial charge in [0.25, 0.3) is 5.91 Å². The van der Waals surface area contributed by atoms with Gasteiger partial charge in [-0.25, -0.2) is 9.18 Å². The van der Waals surface area contributed by atoms with Gasteiger partial charge in [-0.3, -0.25) is 9.78 Å². The molecule has 3 aromatic rings. The third-order valence-electron chi connectivity index (χ3n) is 3.30. The highest BCUT2D eigenvalue weighted by Gasteiger charge is 2.08. The molecule has 1 amide bonds. The standard InChI is InChI=1S/C16H13FN2O3/c17-12-4-1-10(2-5-12)7-8-18-15(20)11-3-6-13-14(9-11)22-16(21)19-13/h1-6,9H,7-8H2,(H,18,20)(H,19,21). The van der Waals surface area contributed by atoms with Crippen LogP contribution in [0.4, 0.5) is 4.39 Å². The maximum atomic E-state index is 12.8. The number of nitrogens with one attached hydrogen (secondary N) is 2. The first-order valence-corrected chi connectivity index (χ1v) is 6.77. The van der Waals surface area contributed by atoms with Crippen molar-refractivity contribution in [2.24, 2.45) is 0 Å². The molecule has 6 heteroatoms. The van der Waals surface area contributed by atoms with E-state index in [2.05, 4.69) is 10.3 Å². The number of carbonyl (C=O) groups is 1. The Kier molecular flexibility index (Phi) is 3.74. The fourth-order valence-electron chi connectivity index (χ4n) is 2.16. The summed E-state index contributed by atoms with van der Waals surface area (Å²) in [6, 6.07) is 10.9. The summed E-state index contributed by atoms with van der Waals surface area (Å²) in [5, 5.41) is 2.77. The maximum absolute atomic E-state index is 12.8. The van der Waals surface area contributed by atoms with Crippen LogP contribution in [0.25, 0.3) is 11.1 Å². The van der Waals surface area contributed by atoms with Crippen LogP contribution >= 0.6 is 0 Å². The highest BCUT2D eigenvalue weighted by molar-refractivity contribution is 5.96. The Morgan fingerprint density at radius 3 is 2.73 bits per heavy atom. The van der Waals surface area contributed by atoms with Gasteiger partial charge in [0.15, 0.2) is 5.58 Å². The molecule has 0 unspecified atom stereocenters. The number of halogens is 1. The number of oxazole rings is 1. The Bertz CT molecular complexity index is 865. The lowest BCUT2D eigenvalue weighted by Crippen LogP contribution is -2.25. The van der Waals surface area contributed by atoms with Crippen LogP contribution in [0.15, 0.2) is 51.7 Å². The van der Waals surface area contributed by atoms with Crippen LogP contribution in [0.5, 0.6) is 0 Å². The Balaban J connectivity index is 1.63. The van der Waals surface area contributed by atoms with Crippen LogP contribution in [0.2, 0.25) is 0 Å². The van der Waals surface area contributed by atoms with E-state index in [4.69, 9.17) is 4.42 Å². The number of aromatic nitrogens is 1. The highest BCUT2D eigenvalue weighted by Crippen LogP contribution is 2.12. The summed E-state index contributed by atoms with van der Waals surface area (Å²) in [6.45, 7) is 0.430. The van der Waals surface area contributed by atoms with Crippen molar-refractivity contribution in [3.63, 3.8) is 0 Å². The number of fused-ring (bicyclic) bond motifs is 1. The van der Waals surface area contributed by atoms with Gasteiger partial charge in [-0.05, 0) is 42.3 Å². The van der Waals surface area contributed by atoms with E-state index in [0.29, 0.717) is 29.6 Å². The molecule has 1 heterocycles. The van der Waals surface area contributed by atoms with Gasteiger partial charge in [0.1, 0.15) is 5.82 Å². The van der Waals surface area contributed by atoms with E-state index in [1.807, 2.05) is 0 Å². The fraction of sp³-hybridized carbons (Fsp3) is 0.125. The van der Waals surface area contributed by atoms with Crippen molar-refractivity contribution >= 4 is 17.0 Å². The van der Waals surface area contributed by atoms with E-state index in [-0.39, 0.29) is 11.7 Å². The van der Waals surface area contributed by atoms with Gasteiger partial charge < -0.3 is 9.73 Å². The largest absolute Gasteiger partial charge is 0.417 e. The molecule has 112 valence electrons. The second kappa shape index (κ2) is 5.85. The van der Waals surface area contributed by atoms with Crippen LogP contribution in [0.1, 0.15) is 15.9 Å². The molecule has 0 aliphatic carbocycles. The number of rotatable bonds is 4. The summed E-state index contributed by atoms with van der Waals surface area (Å²) in [4.78, 5) is 25.6. The van der Waals surface area contributed by atoms with Crippen molar-refractivity contribution in [2.75, 3.05) is 6.54 Å². The van der Waals surface area contributed by atoms with Gasteiger partial charge in [0.05, 0.1) is 5.52 Å². The quantitative estimate of drug-likeness (QED) is 0.776. The predicted octanol–water partition coefficient (Wildman–Crippen LogP) is 2.23. The van der Waals surface area contributed by atoms with E-state index < -0.39 is 5.76 Å². The highest BCUT2D eigenvalue weighted by atomic mass is 19.1. The zero-order valence-electron chi connectivity index (χ0n) is 11.6. The minimum Gasteiger partial charge on any atom is -0.408 e. The molecule has 0 saturated carbocycles. The number of aromatic amines is 1. The van der Waals surface area contributed by atoms with Crippen LogP contribution < -0.4 is 11.1 Å². The molecule has 1 aromatic heterocycles. The Morgan fingerprint density at radius 1 is 1.18 bits per heavy atom. The van der Waals surface area contributed by atoms with Gasteiger partial charge in [0.2, 0.25) is 0 Å². The molecule has 0 bridgehead atoms. The second-order valence-corrected chi connectivity index (χ2v) is 4.86. The number of benzene rings is 2. The summed E-state index contributed by atoms with van der Waals surface area (Å²) >= 11 is 0. The number of amides is 1. The molecular weight excluding hydrogens is 287 g/mol. The lowest BCUT2D eigenvalue weighted by atomic mass is 10.1. The molecule has 3 rings (SSSR count). The van der Waals surface area contributed by atoms with Crippen LogP contribution in [0, 0.1) is 5.82 Å². The second-order valence-electron chi connectivity index (χ2n) is 4.86. The average molecular weight is 300 g/mol. The first-order valence-electron chi connectivity index (χ1n) is 6.77. The predicted molar refractivity (Wildman–Crippen MR) is 79.3 cm³/mol. The van der Waals surface area contributed by atoms with E-state index >= 15 is 0 Å². The fourth-order valence-corrected chi connectivity index (χ4v) is 2.16. The van der Waals surface area contributed by atoms with E-state index in [1.165, 1.54) is 18.2 Å². The van der Waals surface area contributed by atoms with Gasteiger partial charge in [-0.15, -0.1) is 0 Å². The van der Waals surface area contributed by atoms with Gasteiger partial charge in [-0.2, -0.15) is 0 Å². The molecule has 0 aliphatic heterocycles. The molecule has 5 nitrogen and oxygen atoms in total. The van der Waals surface area contributed by atoms with Gasteiger partial charge in [-0.1, -0.05) is 12.1 Å². The SMILES string of the molecule is O=C(NCCc1ccc(F)cc1)c1ccc2[nH]c(=O)oc2c1. The van der Waals surface area contributed by atoms with Crippen LogP contribution in [-0.4, -0.2) is 17.4 Å². The minimum atomic E-state index is -0.552. The minimum absolute atomic E-state index is 0.257. The average Bonchev–Trinajstić information content (AvgIpc) is 2.88. The zero-order chi connectivity index (χ0) is 15.5. The number of hydrogen-bond acceptors (Lipinski definition) is 3. The molecule has 22 heavy (non-hydrogen) atoms. The summed E-state index contributed by atoms with van der Waals surface area (Å²) in [6.07, 6.45) is 0.605. The smallest absolute Gasteiger partial charge is 0.408 e. The van der Waals surface area contributed by atoms with Crippen LogP contribution in [0.3, 0.4) is 0 Å². The first kappa shape index (κ1) is 14.1. The summed E-state index contributed by atoms with van der Waals surface area (Å²) < 4.78 is 17.7. The molecule has 0 atom stereocenters. The third-order valence-corrected chi connectivity index (χ3v) is 3.30. The third kappa shape index (κ3) is 3.06. The Labute approximate surface area is 124 Å². The topological polar surface area (TPSA) is 75.1 Å². The molecular formula is C16H13FN2O3. The maximum Gasteiger partial charge on any atom is 0.417 e. The molecule has 0 spiro atoms. The van der Waals surface area contributed by atoms with Gasteiger partial charge >= 0.3 is 5.76 Å². The van der Waals surface area contributed by atoms with Crippen molar-refractivity contribution in [3.05, 3.63) is 70.0 Å². The number of hydrogen-bond donors (Lipinski definition) is 2. The first-order chi connectivity index (χ1) is 10.6. The Hall–Kier alpha value is -2.89. The summed E-state index contributed by atoms with van der Waals surface area (Å²) in [7, 11) is 0. The molecule has 0 radical (unpaired) electrons. The monoisotopic (exact) mass is 300 g/mol. The van der Waals surface area contributed by atoms with Crippen molar-refractivity contribution in [1.29, 1.82) is 0 Å². The normalized spacial score (nSPS) is 10.8. The molecule has 0 fully saturated rings. The van der Waals surface area contributed by atoms with E-state index in [0.717, 1.165) is 5.56 Å². The van der Waals surface area contributed by atoms with E-state index in [9.17, 15) is 14.0 Å². The van der Waals surface area contributed by atoms with Crippen molar-refractivity contribution in [3.8, 4) is 0 Å². The number of carbonyl (C=O) groups excluding carboxylic acids is 1. The van der Waals surface area contributed by atoms with Gasteiger partial charge in [0, 0.05) is 12.1 Å². The van der Waals surface area contributed by atoms with Crippen molar-refractivity contribution in [2.45, 2.75) is 6.42 Å². The zero-order valence-corrected chi connectivity index (χ0v) is 11.6. The molecule has 0 aliphatic rings. The van der Waals surface area contributed by atoms with E-state index in [1.54, 1.807) is 24.3 Å². The molecule has 2 aromatic carbocycles. The number of H-pyrrole nitrogens is 1. The summed E-state index contributed by atoms with van der Waals surface area (Å²) in [5.41, 5.74) is 2.24. The van der Waals surface area contributed by atoms with Crippen LogP contribution in [-0.2, 0) is 6.42 Å². The lowest BCUT2D eigenvalue weighted by Gasteiger charge is -2.05. The Morgan fingerprint density at radius 2 is 1.95 bits per heavy atom. The summed E-state index contributed by atoms with van der Waals surface area (Å²) in [5.74, 6) is -1.09.